The van der Waals surface area contributed by atoms with E-state index < -0.39 is 39.9 Å². The third-order valence-electron chi connectivity index (χ3n) is 12.0. The zero-order valence-corrected chi connectivity index (χ0v) is 31.5. The summed E-state index contributed by atoms with van der Waals surface area (Å²) in [5.74, 6) is 5.17. The number of hydrogen-bond acceptors (Lipinski definition) is 3. The molecule has 3 nitrogen and oxygen atoms in total. The van der Waals surface area contributed by atoms with Crippen LogP contribution in [0.1, 0.15) is 128 Å². The second-order valence-corrected chi connectivity index (χ2v) is 26.8. The maximum Gasteiger partial charge on any atom is 0.318 e. The van der Waals surface area contributed by atoms with Gasteiger partial charge in [-0.3, -0.25) is 9.59 Å². The van der Waals surface area contributed by atoms with Crippen LogP contribution in [0, 0.1) is 34.8 Å². The molecule has 3 aliphatic carbocycles. The molecular formula is C40H52O3Si2. The lowest BCUT2D eigenvalue weighted by molar-refractivity contribution is -0.153. The summed E-state index contributed by atoms with van der Waals surface area (Å²) in [6, 6.07) is 12.7. The number of cyclic esters (lactones) is 2. The number of benzene rings is 2. The van der Waals surface area contributed by atoms with Gasteiger partial charge < -0.3 is 4.74 Å². The smallest absolute Gasteiger partial charge is 0.318 e. The zero-order valence-electron chi connectivity index (χ0n) is 29.5. The Morgan fingerprint density at radius 2 is 0.844 bits per heavy atom. The van der Waals surface area contributed by atoms with Crippen LogP contribution in [-0.2, 0) is 14.3 Å². The number of ether oxygens (including phenoxy) is 1. The Morgan fingerprint density at radius 3 is 1.13 bits per heavy atom. The minimum Gasteiger partial charge on any atom is -0.393 e. The van der Waals surface area contributed by atoms with Crippen LogP contribution in [0.2, 0.25) is 33.2 Å². The first-order valence-electron chi connectivity index (χ1n) is 17.2. The van der Waals surface area contributed by atoms with E-state index in [2.05, 4.69) is 130 Å². The van der Waals surface area contributed by atoms with E-state index in [1.54, 1.807) is 0 Å². The Bertz CT molecular complexity index is 1480. The van der Waals surface area contributed by atoms with Gasteiger partial charge in [0.05, 0.1) is 11.8 Å². The zero-order chi connectivity index (χ0) is 33.2. The third kappa shape index (κ3) is 4.92. The molecular weight excluding hydrogens is 585 g/mol. The van der Waals surface area contributed by atoms with Gasteiger partial charge in [-0.2, -0.15) is 0 Å². The molecule has 2 aromatic rings. The SMILES string of the molecule is CC(C)[Si](C#Cc1ccc(C#C[Si](C(C)C)(C(C)C)C(C)C)c2c1C1c3ccccc3C2[C@@H]2C(=O)OC(=O)[C@H]12)(C(C)C)C(C)C. The molecule has 2 unspecified atom stereocenters. The standard InChI is InChI=1S/C40H52O3Si2/c1-23(2)44(24(3)4,25(5)6)21-19-29-17-18-30(20-22-45(26(7)8,27(9)10)28(11)12)34-33(29)35-31-15-13-14-16-32(31)36(34)38-37(35)39(41)43-40(38)42/h13-18,23-28,35-38H,1-12H3/t35?,36?,37-,38+. The molecule has 0 spiro atoms. The molecule has 1 saturated heterocycles. The van der Waals surface area contributed by atoms with Crippen LogP contribution in [0.3, 0.4) is 0 Å². The van der Waals surface area contributed by atoms with Crippen molar-refractivity contribution in [1.29, 1.82) is 0 Å². The Hall–Kier alpha value is -2.87. The number of rotatable bonds is 6. The average molecular weight is 637 g/mol. The molecule has 0 aromatic heterocycles. The highest BCUT2D eigenvalue weighted by Crippen LogP contribution is 2.62. The lowest BCUT2D eigenvalue weighted by atomic mass is 9.53. The molecule has 1 fully saturated rings. The lowest BCUT2D eigenvalue weighted by Crippen LogP contribution is -2.44. The van der Waals surface area contributed by atoms with Crippen LogP contribution in [0.25, 0.3) is 0 Å². The largest absolute Gasteiger partial charge is 0.393 e. The first kappa shape index (κ1) is 33.5. The summed E-state index contributed by atoms with van der Waals surface area (Å²) in [5, 5.41) is 0. The molecule has 5 heteroatoms. The van der Waals surface area contributed by atoms with Gasteiger partial charge >= 0.3 is 11.9 Å². The molecule has 2 bridgehead atoms. The van der Waals surface area contributed by atoms with Gasteiger partial charge in [0.1, 0.15) is 16.1 Å². The van der Waals surface area contributed by atoms with Crippen LogP contribution < -0.4 is 0 Å². The van der Waals surface area contributed by atoms with Crippen molar-refractivity contribution in [2.75, 3.05) is 0 Å². The fraction of sp³-hybridized carbons (Fsp3) is 0.550. The summed E-state index contributed by atoms with van der Waals surface area (Å²) in [6.07, 6.45) is 0. The van der Waals surface area contributed by atoms with Crippen molar-refractivity contribution < 1.29 is 14.3 Å². The minimum atomic E-state index is -2.02. The highest BCUT2D eigenvalue weighted by Gasteiger charge is 2.61. The maximum absolute atomic E-state index is 13.4. The fourth-order valence-electron chi connectivity index (χ4n) is 10.1. The Kier molecular flexibility index (Phi) is 8.97. The molecule has 1 heterocycles. The normalized spacial score (nSPS) is 22.0. The molecule has 45 heavy (non-hydrogen) atoms. The van der Waals surface area contributed by atoms with Crippen molar-refractivity contribution in [3.63, 3.8) is 0 Å². The van der Waals surface area contributed by atoms with Crippen LogP contribution >= 0.6 is 0 Å². The molecule has 0 N–H and O–H groups in total. The Labute approximate surface area is 274 Å². The molecule has 0 radical (unpaired) electrons. The minimum absolute atomic E-state index is 0.272. The van der Waals surface area contributed by atoms with Gasteiger partial charge in [0.2, 0.25) is 0 Å². The summed E-state index contributed by atoms with van der Waals surface area (Å²) < 4.78 is 5.41. The maximum atomic E-state index is 13.4. The highest BCUT2D eigenvalue weighted by atomic mass is 28.3. The fourth-order valence-corrected chi connectivity index (χ4v) is 20.5. The summed E-state index contributed by atoms with van der Waals surface area (Å²) in [7, 11) is -4.04. The van der Waals surface area contributed by atoms with Crippen molar-refractivity contribution in [3.05, 3.63) is 69.8 Å². The first-order valence-corrected chi connectivity index (χ1v) is 21.7. The van der Waals surface area contributed by atoms with Crippen molar-refractivity contribution in [2.45, 2.75) is 128 Å². The molecule has 238 valence electrons. The van der Waals surface area contributed by atoms with Crippen LogP contribution in [0.4, 0.5) is 0 Å². The molecule has 6 rings (SSSR count). The second kappa shape index (κ2) is 12.1. The molecule has 0 amide bonds. The van der Waals surface area contributed by atoms with Gasteiger partial charge in [-0.25, -0.2) is 0 Å². The number of esters is 2. The summed E-state index contributed by atoms with van der Waals surface area (Å²) >= 11 is 0. The van der Waals surface area contributed by atoms with Gasteiger partial charge in [-0.1, -0.05) is 119 Å². The number of carbonyl (C=O) groups excluding carboxylic acids is 2. The van der Waals surface area contributed by atoms with Gasteiger partial charge in [-0.15, -0.1) is 11.1 Å². The van der Waals surface area contributed by atoms with E-state index in [1.807, 2.05) is 12.1 Å². The van der Waals surface area contributed by atoms with Crippen molar-refractivity contribution in [1.82, 2.24) is 0 Å². The topological polar surface area (TPSA) is 43.4 Å². The van der Waals surface area contributed by atoms with Crippen LogP contribution in [-0.4, -0.2) is 28.1 Å². The molecule has 4 atom stereocenters. The van der Waals surface area contributed by atoms with E-state index in [0.29, 0.717) is 33.2 Å². The predicted octanol–water partition coefficient (Wildman–Crippen LogP) is 9.73. The van der Waals surface area contributed by atoms with Gasteiger partial charge in [0.15, 0.2) is 0 Å². The van der Waals surface area contributed by atoms with E-state index in [1.165, 1.54) is 0 Å². The average Bonchev–Trinajstić information content (AvgIpc) is 3.27. The quantitative estimate of drug-likeness (QED) is 0.137. The third-order valence-corrected chi connectivity index (χ3v) is 24.6. The number of carbonyl (C=O) groups is 2. The van der Waals surface area contributed by atoms with Crippen molar-refractivity contribution in [3.8, 4) is 22.9 Å². The molecule has 2 aromatic carbocycles. The molecule has 4 aliphatic rings. The van der Waals surface area contributed by atoms with E-state index in [0.717, 1.165) is 33.4 Å². The summed E-state index contributed by atoms with van der Waals surface area (Å²) in [5.41, 5.74) is 17.4. The summed E-state index contributed by atoms with van der Waals surface area (Å²) in [6.45, 7) is 28.1. The van der Waals surface area contributed by atoms with Gasteiger partial charge in [0, 0.05) is 23.0 Å². The van der Waals surface area contributed by atoms with Crippen molar-refractivity contribution in [2.24, 2.45) is 11.8 Å². The molecule has 1 aliphatic heterocycles. The van der Waals surface area contributed by atoms with E-state index >= 15 is 0 Å². The first-order chi connectivity index (χ1) is 21.1. The van der Waals surface area contributed by atoms with Crippen LogP contribution in [0.5, 0.6) is 0 Å². The predicted molar refractivity (Wildman–Crippen MR) is 191 cm³/mol. The van der Waals surface area contributed by atoms with Crippen molar-refractivity contribution >= 4 is 28.1 Å². The Balaban J connectivity index is 1.85. The van der Waals surface area contributed by atoms with E-state index in [4.69, 9.17) is 4.74 Å². The second-order valence-electron chi connectivity index (χ2n) is 15.7. The van der Waals surface area contributed by atoms with E-state index in [-0.39, 0.29) is 11.8 Å². The van der Waals surface area contributed by atoms with E-state index in [9.17, 15) is 9.59 Å². The Morgan fingerprint density at radius 1 is 0.533 bits per heavy atom. The monoisotopic (exact) mass is 636 g/mol. The highest BCUT2D eigenvalue weighted by molar-refractivity contribution is 6.91. The molecule has 0 saturated carbocycles. The summed E-state index contributed by atoms with van der Waals surface area (Å²) in [4.78, 5) is 26.8. The van der Waals surface area contributed by atoms with Gasteiger partial charge in [0.25, 0.3) is 0 Å². The van der Waals surface area contributed by atoms with Crippen LogP contribution in [0.15, 0.2) is 36.4 Å². The lowest BCUT2D eigenvalue weighted by Gasteiger charge is -2.46. The number of hydrogen-bond donors (Lipinski definition) is 0. The van der Waals surface area contributed by atoms with Gasteiger partial charge in [-0.05, 0) is 67.6 Å².